The van der Waals surface area contributed by atoms with Crippen LogP contribution in [0.4, 0.5) is 0 Å². The molecule has 0 atom stereocenters. The molecule has 0 aliphatic rings. The summed E-state index contributed by atoms with van der Waals surface area (Å²) in [5.74, 6) is 2.30. The molecule has 1 aromatic heterocycles. The van der Waals surface area contributed by atoms with Gasteiger partial charge >= 0.3 is 0 Å². The highest BCUT2D eigenvalue weighted by molar-refractivity contribution is 7.98. The van der Waals surface area contributed by atoms with Crippen LogP contribution in [0.25, 0.3) is 0 Å². The molecule has 92 valence electrons. The Bertz CT molecular complexity index is 542. The van der Waals surface area contributed by atoms with Crippen molar-refractivity contribution in [3.63, 3.8) is 0 Å². The van der Waals surface area contributed by atoms with E-state index in [-0.39, 0.29) is 0 Å². The van der Waals surface area contributed by atoms with Crippen LogP contribution in [-0.4, -0.2) is 15.9 Å². The number of rotatable bonds is 5. The highest BCUT2D eigenvalue weighted by Crippen LogP contribution is 2.12. The van der Waals surface area contributed by atoms with Gasteiger partial charge in [0.15, 0.2) is 5.82 Å². The van der Waals surface area contributed by atoms with Crippen molar-refractivity contribution in [1.29, 1.82) is 5.26 Å². The SMILES string of the molecule is Cc1ccc(Cc2noc(CSCC#N)n2)cc1. The van der Waals surface area contributed by atoms with Crippen molar-refractivity contribution in [3.8, 4) is 6.07 Å². The molecule has 0 radical (unpaired) electrons. The zero-order chi connectivity index (χ0) is 12.8. The molecule has 0 spiro atoms. The van der Waals surface area contributed by atoms with Crippen molar-refractivity contribution in [3.05, 3.63) is 47.1 Å². The smallest absolute Gasteiger partial charge is 0.236 e. The zero-order valence-electron chi connectivity index (χ0n) is 10.1. The largest absolute Gasteiger partial charge is 0.338 e. The maximum absolute atomic E-state index is 8.43. The Morgan fingerprint density at radius 3 is 2.83 bits per heavy atom. The quantitative estimate of drug-likeness (QED) is 0.772. The van der Waals surface area contributed by atoms with E-state index in [2.05, 4.69) is 47.4 Å². The number of aromatic nitrogens is 2. The average molecular weight is 259 g/mol. The lowest BCUT2D eigenvalue weighted by Crippen LogP contribution is -1.91. The highest BCUT2D eigenvalue weighted by atomic mass is 32.2. The van der Waals surface area contributed by atoms with Crippen LogP contribution >= 0.6 is 11.8 Å². The Kier molecular flexibility index (Phi) is 4.37. The molecule has 4 nitrogen and oxygen atoms in total. The minimum Gasteiger partial charge on any atom is -0.338 e. The second kappa shape index (κ2) is 6.22. The van der Waals surface area contributed by atoms with E-state index >= 15 is 0 Å². The summed E-state index contributed by atoms with van der Waals surface area (Å²) >= 11 is 1.47. The Hall–Kier alpha value is -1.80. The van der Waals surface area contributed by atoms with Gasteiger partial charge in [0.05, 0.1) is 17.6 Å². The number of nitriles is 1. The molecule has 0 bridgehead atoms. The lowest BCUT2D eigenvalue weighted by molar-refractivity contribution is 0.386. The minimum absolute atomic E-state index is 0.440. The topological polar surface area (TPSA) is 62.7 Å². The third-order valence-electron chi connectivity index (χ3n) is 2.39. The normalized spacial score (nSPS) is 10.2. The summed E-state index contributed by atoms with van der Waals surface area (Å²) < 4.78 is 5.12. The van der Waals surface area contributed by atoms with Crippen LogP contribution in [-0.2, 0) is 12.2 Å². The highest BCUT2D eigenvalue weighted by Gasteiger charge is 2.06. The molecular weight excluding hydrogens is 246 g/mol. The van der Waals surface area contributed by atoms with Gasteiger partial charge in [0.1, 0.15) is 0 Å². The summed E-state index contributed by atoms with van der Waals surface area (Å²) in [4.78, 5) is 4.29. The molecule has 2 rings (SSSR count). The molecule has 0 fully saturated rings. The van der Waals surface area contributed by atoms with Gasteiger partial charge in [-0.1, -0.05) is 35.0 Å². The molecule has 0 saturated carbocycles. The van der Waals surface area contributed by atoms with Crippen LogP contribution in [0.1, 0.15) is 22.8 Å². The van der Waals surface area contributed by atoms with Crippen LogP contribution in [0.15, 0.2) is 28.8 Å². The summed E-state index contributed by atoms with van der Waals surface area (Å²) in [5.41, 5.74) is 2.40. The van der Waals surface area contributed by atoms with Gasteiger partial charge in [-0.05, 0) is 12.5 Å². The molecule has 1 aromatic carbocycles. The van der Waals surface area contributed by atoms with Crippen molar-refractivity contribution < 1.29 is 4.52 Å². The van der Waals surface area contributed by atoms with E-state index in [0.717, 1.165) is 5.56 Å². The van der Waals surface area contributed by atoms with E-state index in [4.69, 9.17) is 9.78 Å². The van der Waals surface area contributed by atoms with Crippen molar-refractivity contribution in [2.24, 2.45) is 0 Å². The maximum atomic E-state index is 8.43. The minimum atomic E-state index is 0.440. The molecule has 2 aromatic rings. The standard InChI is InChI=1S/C13H13N3OS/c1-10-2-4-11(5-3-10)8-12-15-13(17-16-12)9-18-7-6-14/h2-5H,7-9H2,1H3. The predicted octanol–water partition coefficient (Wildman–Crippen LogP) is 2.73. The Labute approximate surface area is 110 Å². The van der Waals surface area contributed by atoms with Gasteiger partial charge < -0.3 is 4.52 Å². The second-order valence-electron chi connectivity index (χ2n) is 3.92. The first-order valence-corrected chi connectivity index (χ1v) is 6.75. The van der Waals surface area contributed by atoms with Gasteiger partial charge in [-0.2, -0.15) is 10.2 Å². The lowest BCUT2D eigenvalue weighted by atomic mass is 10.1. The molecular formula is C13H13N3OS. The van der Waals surface area contributed by atoms with Gasteiger partial charge in [-0.3, -0.25) is 0 Å². The first-order valence-electron chi connectivity index (χ1n) is 5.59. The van der Waals surface area contributed by atoms with Gasteiger partial charge in [0, 0.05) is 6.42 Å². The first kappa shape index (κ1) is 12.7. The average Bonchev–Trinajstić information content (AvgIpc) is 2.80. The number of aryl methyl sites for hydroxylation is 1. The number of hydrogen-bond donors (Lipinski definition) is 0. The summed E-state index contributed by atoms with van der Waals surface area (Å²) in [6, 6.07) is 10.3. The number of hydrogen-bond acceptors (Lipinski definition) is 5. The third kappa shape index (κ3) is 3.60. The van der Waals surface area contributed by atoms with Gasteiger partial charge in [-0.25, -0.2) is 0 Å². The predicted molar refractivity (Wildman–Crippen MR) is 70.1 cm³/mol. The molecule has 0 aliphatic carbocycles. The zero-order valence-corrected chi connectivity index (χ0v) is 10.9. The van der Waals surface area contributed by atoms with Gasteiger partial charge in [0.25, 0.3) is 0 Å². The van der Waals surface area contributed by atoms with Crippen LogP contribution in [0.3, 0.4) is 0 Å². The second-order valence-corrected chi connectivity index (χ2v) is 4.90. The summed E-state index contributed by atoms with van der Waals surface area (Å²) in [6.07, 6.45) is 0.673. The van der Waals surface area contributed by atoms with Crippen molar-refractivity contribution in [1.82, 2.24) is 10.1 Å². The first-order chi connectivity index (χ1) is 8.78. The van der Waals surface area contributed by atoms with E-state index < -0.39 is 0 Å². The van der Waals surface area contributed by atoms with Gasteiger partial charge in [-0.15, -0.1) is 11.8 Å². The molecule has 1 heterocycles. The summed E-state index contributed by atoms with van der Waals surface area (Å²) in [5, 5.41) is 12.4. The maximum Gasteiger partial charge on any atom is 0.236 e. The molecule has 5 heteroatoms. The Morgan fingerprint density at radius 2 is 2.11 bits per heavy atom. The molecule has 0 unspecified atom stereocenters. The molecule has 0 amide bonds. The fourth-order valence-corrected chi connectivity index (χ4v) is 1.98. The fraction of sp³-hybridized carbons (Fsp3) is 0.308. The van der Waals surface area contributed by atoms with Crippen LogP contribution in [0.2, 0.25) is 0 Å². The lowest BCUT2D eigenvalue weighted by Gasteiger charge is -1.97. The Morgan fingerprint density at radius 1 is 1.33 bits per heavy atom. The third-order valence-corrected chi connectivity index (χ3v) is 3.17. The van der Waals surface area contributed by atoms with Crippen LogP contribution in [0.5, 0.6) is 0 Å². The fourth-order valence-electron chi connectivity index (χ4n) is 1.49. The van der Waals surface area contributed by atoms with E-state index in [1.54, 1.807) is 0 Å². The Balaban J connectivity index is 1.94. The van der Waals surface area contributed by atoms with Crippen molar-refractivity contribution >= 4 is 11.8 Å². The van der Waals surface area contributed by atoms with E-state index in [0.29, 0.717) is 29.6 Å². The monoisotopic (exact) mass is 259 g/mol. The number of benzene rings is 1. The van der Waals surface area contributed by atoms with Crippen molar-refractivity contribution in [2.75, 3.05) is 5.75 Å². The van der Waals surface area contributed by atoms with Crippen LogP contribution < -0.4 is 0 Å². The van der Waals surface area contributed by atoms with E-state index in [1.807, 2.05) is 0 Å². The molecule has 0 saturated heterocycles. The summed E-state index contributed by atoms with van der Waals surface area (Å²) in [7, 11) is 0. The summed E-state index contributed by atoms with van der Waals surface area (Å²) in [6.45, 7) is 2.06. The molecule has 0 aliphatic heterocycles. The number of thioether (sulfide) groups is 1. The van der Waals surface area contributed by atoms with E-state index in [1.165, 1.54) is 17.3 Å². The number of nitrogens with zero attached hydrogens (tertiary/aromatic N) is 3. The van der Waals surface area contributed by atoms with Crippen molar-refractivity contribution in [2.45, 2.75) is 19.1 Å². The molecule has 0 N–H and O–H groups in total. The molecule has 18 heavy (non-hydrogen) atoms. The van der Waals surface area contributed by atoms with Gasteiger partial charge in [0.2, 0.25) is 5.89 Å². The van der Waals surface area contributed by atoms with E-state index in [9.17, 15) is 0 Å². The van der Waals surface area contributed by atoms with Crippen LogP contribution in [0, 0.1) is 18.3 Å².